The number of hydrogen-bond donors (Lipinski definition) is 2. The number of rotatable bonds is 5. The molecule has 1 aromatic heterocycles. The molecule has 0 bridgehead atoms. The van der Waals surface area contributed by atoms with Gasteiger partial charge < -0.3 is 15.8 Å². The summed E-state index contributed by atoms with van der Waals surface area (Å²) in [4.78, 5) is 11.9. The van der Waals surface area contributed by atoms with Crippen molar-refractivity contribution in [3.8, 4) is 6.01 Å². The first-order chi connectivity index (χ1) is 9.58. The lowest BCUT2D eigenvalue weighted by molar-refractivity contribution is 0.292. The Morgan fingerprint density at radius 1 is 1.30 bits per heavy atom. The van der Waals surface area contributed by atoms with Crippen molar-refractivity contribution in [2.45, 2.75) is 20.3 Å². The molecule has 20 heavy (non-hydrogen) atoms. The van der Waals surface area contributed by atoms with Gasteiger partial charge in [-0.15, -0.1) is 0 Å². The Balaban J connectivity index is 2.19. The lowest BCUT2D eigenvalue weighted by atomic mass is 10.2. The van der Waals surface area contributed by atoms with Gasteiger partial charge >= 0.3 is 6.01 Å². The maximum absolute atomic E-state index is 13.2. The summed E-state index contributed by atoms with van der Waals surface area (Å²) in [6.07, 6.45) is 0.839. The van der Waals surface area contributed by atoms with E-state index in [4.69, 9.17) is 10.5 Å². The largest absolute Gasteiger partial charge is 0.463 e. The minimum atomic E-state index is -0.266. The second kappa shape index (κ2) is 6.14. The summed E-state index contributed by atoms with van der Waals surface area (Å²) in [5, 5.41) is 2.94. The van der Waals surface area contributed by atoms with Crippen molar-refractivity contribution >= 4 is 17.6 Å². The van der Waals surface area contributed by atoms with Gasteiger partial charge in [-0.25, -0.2) is 4.39 Å². The van der Waals surface area contributed by atoms with E-state index in [9.17, 15) is 4.39 Å². The highest BCUT2D eigenvalue weighted by Crippen LogP contribution is 2.18. The predicted octanol–water partition coefficient (Wildman–Crippen LogP) is 2.43. The summed E-state index contributed by atoms with van der Waals surface area (Å²) in [7, 11) is 0. The highest BCUT2D eigenvalue weighted by Gasteiger charge is 2.06. The number of anilines is 3. The van der Waals surface area contributed by atoms with Gasteiger partial charge in [0.1, 0.15) is 5.82 Å². The van der Waals surface area contributed by atoms with Crippen molar-refractivity contribution in [2.24, 2.45) is 0 Å². The zero-order valence-electron chi connectivity index (χ0n) is 11.4. The Bertz CT molecular complexity index is 605. The average Bonchev–Trinajstić information content (AvgIpc) is 2.40. The normalized spacial score (nSPS) is 10.3. The van der Waals surface area contributed by atoms with Crippen LogP contribution in [0.3, 0.4) is 0 Å². The standard InChI is InChI=1S/C13H16FN5O/c1-3-6-20-13-18-11(15)17-12(19-13)16-9-4-5-10(14)8(2)7-9/h4-5,7H,3,6H2,1-2H3,(H3,15,16,17,18,19). The zero-order chi connectivity index (χ0) is 14.5. The third kappa shape index (κ3) is 3.53. The summed E-state index contributed by atoms with van der Waals surface area (Å²) in [5.74, 6) is 0.0553. The number of nitrogen functional groups attached to an aromatic ring is 1. The molecule has 0 aliphatic carbocycles. The number of benzene rings is 1. The van der Waals surface area contributed by atoms with Crippen LogP contribution in [0, 0.1) is 12.7 Å². The monoisotopic (exact) mass is 277 g/mol. The average molecular weight is 277 g/mol. The number of nitrogens with zero attached hydrogens (tertiary/aromatic N) is 3. The molecule has 0 atom stereocenters. The second-order valence-corrected chi connectivity index (χ2v) is 4.24. The Hall–Kier alpha value is -2.44. The maximum Gasteiger partial charge on any atom is 0.323 e. The van der Waals surface area contributed by atoms with E-state index in [2.05, 4.69) is 20.3 Å². The van der Waals surface area contributed by atoms with Crippen LogP contribution in [0.4, 0.5) is 22.0 Å². The molecule has 2 rings (SSSR count). The molecule has 1 heterocycles. The number of aromatic nitrogens is 3. The van der Waals surface area contributed by atoms with Crippen molar-refractivity contribution in [1.29, 1.82) is 0 Å². The molecular weight excluding hydrogens is 261 g/mol. The van der Waals surface area contributed by atoms with Crippen LogP contribution in [-0.4, -0.2) is 21.6 Å². The molecule has 0 spiro atoms. The minimum Gasteiger partial charge on any atom is -0.463 e. The molecule has 0 aliphatic rings. The van der Waals surface area contributed by atoms with Crippen molar-refractivity contribution in [3.63, 3.8) is 0 Å². The number of nitrogens with one attached hydrogen (secondary N) is 1. The minimum absolute atomic E-state index is 0.0624. The Morgan fingerprint density at radius 2 is 2.10 bits per heavy atom. The summed E-state index contributed by atoms with van der Waals surface area (Å²) in [5.41, 5.74) is 6.79. The maximum atomic E-state index is 13.2. The first-order valence-electron chi connectivity index (χ1n) is 6.26. The SMILES string of the molecule is CCCOc1nc(N)nc(Nc2ccc(F)c(C)c2)n1. The van der Waals surface area contributed by atoms with Crippen molar-refractivity contribution in [2.75, 3.05) is 17.7 Å². The molecular formula is C13H16FN5O. The fourth-order valence-corrected chi connectivity index (χ4v) is 1.54. The van der Waals surface area contributed by atoms with Crippen molar-refractivity contribution in [1.82, 2.24) is 15.0 Å². The van der Waals surface area contributed by atoms with Gasteiger partial charge in [0.15, 0.2) is 0 Å². The molecule has 0 fully saturated rings. The van der Waals surface area contributed by atoms with Crippen LogP contribution in [0.2, 0.25) is 0 Å². The number of ether oxygens (including phenoxy) is 1. The van der Waals surface area contributed by atoms with Crippen LogP contribution >= 0.6 is 0 Å². The fourth-order valence-electron chi connectivity index (χ4n) is 1.54. The number of halogens is 1. The Morgan fingerprint density at radius 3 is 2.80 bits per heavy atom. The van der Waals surface area contributed by atoms with Gasteiger partial charge in [0.2, 0.25) is 11.9 Å². The smallest absolute Gasteiger partial charge is 0.323 e. The first-order valence-corrected chi connectivity index (χ1v) is 6.26. The van der Waals surface area contributed by atoms with E-state index in [-0.39, 0.29) is 23.7 Å². The summed E-state index contributed by atoms with van der Waals surface area (Å²) in [6, 6.07) is 4.79. The van der Waals surface area contributed by atoms with E-state index in [0.29, 0.717) is 17.9 Å². The summed E-state index contributed by atoms with van der Waals surface area (Å²) < 4.78 is 18.5. The van der Waals surface area contributed by atoms with Gasteiger partial charge in [0.05, 0.1) is 6.61 Å². The van der Waals surface area contributed by atoms with E-state index in [0.717, 1.165) is 6.42 Å². The Labute approximate surface area is 116 Å². The molecule has 6 nitrogen and oxygen atoms in total. The van der Waals surface area contributed by atoms with E-state index in [1.54, 1.807) is 19.1 Å². The highest BCUT2D eigenvalue weighted by molar-refractivity contribution is 5.55. The van der Waals surface area contributed by atoms with E-state index < -0.39 is 0 Å². The molecule has 3 N–H and O–H groups in total. The molecule has 1 aromatic carbocycles. The van der Waals surface area contributed by atoms with Crippen molar-refractivity contribution < 1.29 is 9.13 Å². The van der Waals surface area contributed by atoms with Gasteiger partial charge in [-0.3, -0.25) is 0 Å². The lowest BCUT2D eigenvalue weighted by Crippen LogP contribution is -2.07. The van der Waals surface area contributed by atoms with Gasteiger partial charge in [0.25, 0.3) is 0 Å². The molecule has 0 aliphatic heterocycles. The second-order valence-electron chi connectivity index (χ2n) is 4.24. The van der Waals surface area contributed by atoms with Gasteiger partial charge in [0, 0.05) is 5.69 Å². The van der Waals surface area contributed by atoms with E-state index in [1.807, 2.05) is 6.92 Å². The van der Waals surface area contributed by atoms with Crippen LogP contribution < -0.4 is 15.8 Å². The molecule has 106 valence electrons. The Kier molecular flexibility index (Phi) is 4.29. The van der Waals surface area contributed by atoms with Crippen LogP contribution in [0.5, 0.6) is 6.01 Å². The molecule has 0 saturated heterocycles. The molecule has 0 amide bonds. The number of nitrogens with two attached hydrogens (primary N) is 1. The van der Waals surface area contributed by atoms with E-state index in [1.165, 1.54) is 6.07 Å². The molecule has 0 radical (unpaired) electrons. The molecule has 0 unspecified atom stereocenters. The first kappa shape index (κ1) is 14.0. The lowest BCUT2D eigenvalue weighted by Gasteiger charge is -2.08. The highest BCUT2D eigenvalue weighted by atomic mass is 19.1. The fraction of sp³-hybridized carbons (Fsp3) is 0.308. The zero-order valence-corrected chi connectivity index (χ0v) is 11.4. The third-order valence-electron chi connectivity index (χ3n) is 2.48. The van der Waals surface area contributed by atoms with Crippen LogP contribution in [0.15, 0.2) is 18.2 Å². The van der Waals surface area contributed by atoms with Crippen LogP contribution in [0.1, 0.15) is 18.9 Å². The molecule has 7 heteroatoms. The van der Waals surface area contributed by atoms with Crippen LogP contribution in [0.25, 0.3) is 0 Å². The molecule has 0 saturated carbocycles. The molecule has 2 aromatic rings. The summed E-state index contributed by atoms with van der Waals surface area (Å²) in [6.45, 7) is 4.15. The van der Waals surface area contributed by atoms with Gasteiger partial charge in [-0.05, 0) is 37.1 Å². The number of hydrogen-bond acceptors (Lipinski definition) is 6. The quantitative estimate of drug-likeness (QED) is 0.873. The van der Waals surface area contributed by atoms with Gasteiger partial charge in [-0.1, -0.05) is 6.92 Å². The predicted molar refractivity (Wildman–Crippen MR) is 74.4 cm³/mol. The number of aryl methyl sites for hydroxylation is 1. The third-order valence-corrected chi connectivity index (χ3v) is 2.48. The van der Waals surface area contributed by atoms with Gasteiger partial charge in [-0.2, -0.15) is 15.0 Å². The topological polar surface area (TPSA) is 86.0 Å². The van der Waals surface area contributed by atoms with E-state index >= 15 is 0 Å². The van der Waals surface area contributed by atoms with Crippen molar-refractivity contribution in [3.05, 3.63) is 29.6 Å². The van der Waals surface area contributed by atoms with Crippen LogP contribution in [-0.2, 0) is 0 Å². The summed E-state index contributed by atoms with van der Waals surface area (Å²) >= 11 is 0.